The SMILES string of the molecule is CC1C=CC=CC1C1(c2noc(-c3cc(C(F)(F)F)nn3C3CC(C(=O)O)C3)n2)CC1. The van der Waals surface area contributed by atoms with Crippen LogP contribution >= 0.6 is 0 Å². The average Bonchev–Trinajstić information content (AvgIpc) is 3.10. The van der Waals surface area contributed by atoms with Crippen LogP contribution < -0.4 is 0 Å². The molecule has 2 saturated carbocycles. The molecule has 2 aromatic rings. The van der Waals surface area contributed by atoms with Gasteiger partial charge in [0.05, 0.1) is 12.0 Å². The molecule has 164 valence electrons. The molecule has 10 heteroatoms. The van der Waals surface area contributed by atoms with Crippen molar-refractivity contribution >= 4 is 5.97 Å². The van der Waals surface area contributed by atoms with Gasteiger partial charge in [0.15, 0.2) is 11.5 Å². The highest BCUT2D eigenvalue weighted by atomic mass is 19.4. The molecular weight excluding hydrogens is 413 g/mol. The first-order valence-electron chi connectivity index (χ1n) is 10.3. The molecule has 2 heterocycles. The fraction of sp³-hybridized carbons (Fsp3) is 0.524. The van der Waals surface area contributed by atoms with Crippen LogP contribution in [0.1, 0.15) is 50.2 Å². The topological polar surface area (TPSA) is 94.0 Å². The highest BCUT2D eigenvalue weighted by molar-refractivity contribution is 5.71. The summed E-state index contributed by atoms with van der Waals surface area (Å²) in [5.41, 5.74) is -1.26. The maximum atomic E-state index is 13.3. The van der Waals surface area contributed by atoms with Gasteiger partial charge in [-0.3, -0.25) is 9.48 Å². The van der Waals surface area contributed by atoms with Gasteiger partial charge in [-0.1, -0.05) is 36.4 Å². The number of halogens is 3. The smallest absolute Gasteiger partial charge is 0.435 e. The van der Waals surface area contributed by atoms with Gasteiger partial charge in [0, 0.05) is 11.5 Å². The number of allylic oxidation sites excluding steroid dienone is 4. The van der Waals surface area contributed by atoms with Crippen LogP contribution in [-0.4, -0.2) is 31.0 Å². The number of hydrogen-bond donors (Lipinski definition) is 1. The van der Waals surface area contributed by atoms with Crippen molar-refractivity contribution in [3.63, 3.8) is 0 Å². The Morgan fingerprint density at radius 1 is 1.26 bits per heavy atom. The summed E-state index contributed by atoms with van der Waals surface area (Å²) in [4.78, 5) is 15.6. The van der Waals surface area contributed by atoms with E-state index in [4.69, 9.17) is 9.63 Å². The Balaban J connectivity index is 1.48. The molecule has 0 aromatic carbocycles. The minimum atomic E-state index is -4.63. The van der Waals surface area contributed by atoms with E-state index in [2.05, 4.69) is 34.3 Å². The fourth-order valence-electron chi connectivity index (χ4n) is 4.74. The Bertz CT molecular complexity index is 1070. The summed E-state index contributed by atoms with van der Waals surface area (Å²) in [6.45, 7) is 2.12. The van der Waals surface area contributed by atoms with Gasteiger partial charge in [0.2, 0.25) is 0 Å². The lowest BCUT2D eigenvalue weighted by Crippen LogP contribution is -2.33. The summed E-state index contributed by atoms with van der Waals surface area (Å²) in [6, 6.07) is 0.445. The summed E-state index contributed by atoms with van der Waals surface area (Å²) < 4.78 is 46.6. The van der Waals surface area contributed by atoms with Gasteiger partial charge in [0.1, 0.15) is 5.69 Å². The molecule has 0 aliphatic heterocycles. The molecule has 2 atom stereocenters. The lowest BCUT2D eigenvalue weighted by molar-refractivity contribution is -0.147. The third-order valence-electron chi connectivity index (χ3n) is 6.76. The Morgan fingerprint density at radius 2 is 1.97 bits per heavy atom. The number of hydrogen-bond acceptors (Lipinski definition) is 5. The van der Waals surface area contributed by atoms with E-state index in [1.54, 1.807) is 0 Å². The standard InChI is InChI=1S/C21H21F3N4O3/c1-11-4-2-3-5-14(11)20(6-7-20)19-25-17(31-27-19)15-10-16(21(22,23)24)26-28(15)13-8-12(9-13)18(29)30/h2-5,10-14H,6-9H2,1H3,(H,29,30). The Morgan fingerprint density at radius 3 is 2.58 bits per heavy atom. The van der Waals surface area contributed by atoms with Crippen molar-refractivity contribution in [2.45, 2.75) is 50.2 Å². The molecule has 31 heavy (non-hydrogen) atoms. The van der Waals surface area contributed by atoms with Crippen molar-refractivity contribution in [1.82, 2.24) is 19.9 Å². The van der Waals surface area contributed by atoms with Crippen LogP contribution in [0.25, 0.3) is 11.6 Å². The number of carboxylic acid groups (broad SMARTS) is 1. The molecule has 0 amide bonds. The van der Waals surface area contributed by atoms with E-state index in [1.165, 1.54) is 4.68 Å². The van der Waals surface area contributed by atoms with Crippen molar-refractivity contribution in [3.8, 4) is 11.6 Å². The number of carboxylic acids is 1. The van der Waals surface area contributed by atoms with Crippen LogP contribution in [0.3, 0.4) is 0 Å². The first kappa shape index (κ1) is 20.0. The van der Waals surface area contributed by atoms with Crippen LogP contribution in [-0.2, 0) is 16.4 Å². The van der Waals surface area contributed by atoms with Crippen LogP contribution in [0.5, 0.6) is 0 Å². The van der Waals surface area contributed by atoms with E-state index in [1.807, 2.05) is 12.2 Å². The third-order valence-corrected chi connectivity index (χ3v) is 6.76. The summed E-state index contributed by atoms with van der Waals surface area (Å²) in [5, 5.41) is 17.0. The quantitative estimate of drug-likeness (QED) is 0.750. The molecule has 7 nitrogen and oxygen atoms in total. The second-order valence-electron chi connectivity index (χ2n) is 8.75. The minimum absolute atomic E-state index is 0.0222. The molecule has 3 aliphatic carbocycles. The predicted octanol–water partition coefficient (Wildman–Crippen LogP) is 4.40. The number of aromatic nitrogens is 4. The van der Waals surface area contributed by atoms with Crippen LogP contribution in [0.15, 0.2) is 34.9 Å². The zero-order valence-corrected chi connectivity index (χ0v) is 16.7. The summed E-state index contributed by atoms with van der Waals surface area (Å²) >= 11 is 0. The van der Waals surface area contributed by atoms with E-state index >= 15 is 0 Å². The molecule has 5 rings (SSSR count). The van der Waals surface area contributed by atoms with Crippen molar-refractivity contribution in [3.05, 3.63) is 41.9 Å². The number of rotatable bonds is 5. The summed E-state index contributed by atoms with van der Waals surface area (Å²) in [6.07, 6.45) is 5.79. The maximum Gasteiger partial charge on any atom is 0.435 e. The van der Waals surface area contributed by atoms with Gasteiger partial charge in [-0.05, 0) is 37.5 Å². The third kappa shape index (κ3) is 3.28. The second kappa shape index (κ2) is 6.80. The second-order valence-corrected chi connectivity index (χ2v) is 8.75. The first-order valence-corrected chi connectivity index (χ1v) is 10.3. The van der Waals surface area contributed by atoms with E-state index < -0.39 is 29.8 Å². The van der Waals surface area contributed by atoms with E-state index in [-0.39, 0.29) is 35.8 Å². The zero-order chi connectivity index (χ0) is 22.0. The van der Waals surface area contributed by atoms with Crippen LogP contribution in [0.2, 0.25) is 0 Å². The van der Waals surface area contributed by atoms with Crippen molar-refractivity contribution in [2.24, 2.45) is 17.8 Å². The monoisotopic (exact) mass is 434 g/mol. The van der Waals surface area contributed by atoms with E-state index in [9.17, 15) is 18.0 Å². The van der Waals surface area contributed by atoms with Crippen molar-refractivity contribution in [2.75, 3.05) is 0 Å². The summed E-state index contributed by atoms with van der Waals surface area (Å²) in [7, 11) is 0. The van der Waals surface area contributed by atoms with Gasteiger partial charge in [-0.2, -0.15) is 23.3 Å². The molecule has 0 bridgehead atoms. The van der Waals surface area contributed by atoms with E-state index in [0.717, 1.165) is 18.9 Å². The largest absolute Gasteiger partial charge is 0.481 e. The minimum Gasteiger partial charge on any atom is -0.481 e. The van der Waals surface area contributed by atoms with Gasteiger partial charge >= 0.3 is 12.1 Å². The highest BCUT2D eigenvalue weighted by Gasteiger charge is 2.55. The first-order chi connectivity index (χ1) is 14.7. The van der Waals surface area contributed by atoms with Crippen molar-refractivity contribution in [1.29, 1.82) is 0 Å². The molecule has 2 aromatic heterocycles. The Hall–Kier alpha value is -2.91. The predicted molar refractivity (Wildman–Crippen MR) is 102 cm³/mol. The maximum absolute atomic E-state index is 13.3. The van der Waals surface area contributed by atoms with Gasteiger partial charge in [-0.15, -0.1) is 0 Å². The Labute approximate surface area is 175 Å². The molecule has 2 unspecified atom stereocenters. The Kier molecular flexibility index (Phi) is 4.39. The average molecular weight is 434 g/mol. The molecule has 1 N–H and O–H groups in total. The molecule has 2 fully saturated rings. The van der Waals surface area contributed by atoms with Crippen LogP contribution in [0, 0.1) is 17.8 Å². The number of nitrogens with zero attached hydrogens (tertiary/aromatic N) is 4. The molecule has 3 aliphatic rings. The lowest BCUT2D eigenvalue weighted by atomic mass is 9.77. The normalized spacial score (nSPS) is 29.0. The van der Waals surface area contributed by atoms with Gasteiger partial charge in [-0.25, -0.2) is 0 Å². The number of aliphatic carboxylic acids is 1. The summed E-state index contributed by atoms with van der Waals surface area (Å²) in [5.74, 6) is -0.581. The van der Waals surface area contributed by atoms with E-state index in [0.29, 0.717) is 11.7 Å². The molecular formula is C21H21F3N4O3. The van der Waals surface area contributed by atoms with Crippen molar-refractivity contribution < 1.29 is 27.6 Å². The fourth-order valence-corrected chi connectivity index (χ4v) is 4.74. The lowest BCUT2D eigenvalue weighted by Gasteiger charge is -2.33. The van der Waals surface area contributed by atoms with Gasteiger partial charge in [0.25, 0.3) is 5.89 Å². The molecule has 0 spiro atoms. The zero-order valence-electron chi connectivity index (χ0n) is 16.7. The molecule has 0 radical (unpaired) electrons. The van der Waals surface area contributed by atoms with Gasteiger partial charge < -0.3 is 9.63 Å². The molecule has 0 saturated heterocycles. The highest BCUT2D eigenvalue weighted by Crippen LogP contribution is 2.56. The van der Waals surface area contributed by atoms with Crippen LogP contribution in [0.4, 0.5) is 13.2 Å². The number of alkyl halides is 3. The number of carbonyl (C=O) groups is 1.